The monoisotopic (exact) mass is 331 g/mol. The molecule has 1 rings (SSSR count). The maximum atomic E-state index is 4.67. The first kappa shape index (κ1) is 15.8. The summed E-state index contributed by atoms with van der Waals surface area (Å²) < 4.78 is 0.984. The molecular formula is C13H22BrN3S. The molecule has 0 aliphatic carbocycles. The minimum Gasteiger partial charge on any atom is -0.372 e. The summed E-state index contributed by atoms with van der Waals surface area (Å²) in [5.41, 5.74) is 1.08. The van der Waals surface area contributed by atoms with Gasteiger partial charge < -0.3 is 5.32 Å². The van der Waals surface area contributed by atoms with E-state index in [2.05, 4.69) is 58.9 Å². The van der Waals surface area contributed by atoms with Gasteiger partial charge in [-0.2, -0.15) is 11.8 Å². The molecule has 0 aromatic carbocycles. The molecule has 0 aliphatic rings. The lowest BCUT2D eigenvalue weighted by molar-refractivity contribution is 0.792. The average molecular weight is 332 g/mol. The van der Waals surface area contributed by atoms with Crippen molar-refractivity contribution in [3.8, 4) is 0 Å². The zero-order valence-electron chi connectivity index (χ0n) is 11.7. The second-order valence-electron chi connectivity index (χ2n) is 4.62. The minimum atomic E-state index is 0.391. The van der Waals surface area contributed by atoms with Crippen LogP contribution in [-0.4, -0.2) is 22.3 Å². The summed E-state index contributed by atoms with van der Waals surface area (Å²) in [7, 11) is 1.89. The molecular weight excluding hydrogens is 310 g/mol. The van der Waals surface area contributed by atoms with Crippen LogP contribution < -0.4 is 5.32 Å². The Bertz CT molecular complexity index is 396. The van der Waals surface area contributed by atoms with E-state index in [1.54, 1.807) is 0 Å². The van der Waals surface area contributed by atoms with E-state index >= 15 is 0 Å². The van der Waals surface area contributed by atoms with Gasteiger partial charge in [-0.15, -0.1) is 0 Å². The number of rotatable bonds is 6. The van der Waals surface area contributed by atoms with E-state index in [0.29, 0.717) is 11.2 Å². The van der Waals surface area contributed by atoms with Crippen molar-refractivity contribution < 1.29 is 0 Å². The number of nitrogens with zero attached hydrogens (tertiary/aromatic N) is 2. The van der Waals surface area contributed by atoms with Crippen LogP contribution in [0.2, 0.25) is 0 Å². The Morgan fingerprint density at radius 3 is 2.44 bits per heavy atom. The lowest BCUT2D eigenvalue weighted by Crippen LogP contribution is -2.07. The van der Waals surface area contributed by atoms with Gasteiger partial charge >= 0.3 is 0 Å². The lowest BCUT2D eigenvalue weighted by atomic mass is 10.1. The van der Waals surface area contributed by atoms with Crippen molar-refractivity contribution in [3.05, 3.63) is 16.0 Å². The number of thioether (sulfide) groups is 1. The van der Waals surface area contributed by atoms with Crippen LogP contribution in [0.3, 0.4) is 0 Å². The fourth-order valence-corrected chi connectivity index (χ4v) is 3.09. The van der Waals surface area contributed by atoms with Crippen molar-refractivity contribution in [2.75, 3.05) is 12.4 Å². The molecule has 1 aromatic heterocycles. The Morgan fingerprint density at radius 2 is 1.94 bits per heavy atom. The largest absolute Gasteiger partial charge is 0.372 e. The first-order chi connectivity index (χ1) is 8.49. The molecule has 0 saturated heterocycles. The Balaban J connectivity index is 2.95. The molecule has 1 aromatic rings. The Labute approximate surface area is 123 Å². The van der Waals surface area contributed by atoms with E-state index in [9.17, 15) is 0 Å². The van der Waals surface area contributed by atoms with Gasteiger partial charge in [-0.05, 0) is 28.3 Å². The fraction of sp³-hybridized carbons (Fsp3) is 0.692. The molecule has 0 aliphatic heterocycles. The molecule has 0 fully saturated rings. The van der Waals surface area contributed by atoms with Crippen LogP contribution in [0.5, 0.6) is 0 Å². The van der Waals surface area contributed by atoms with Crippen LogP contribution in [0.4, 0.5) is 5.82 Å². The summed E-state index contributed by atoms with van der Waals surface area (Å²) in [6.07, 6.45) is 1.18. The molecule has 0 radical (unpaired) electrons. The first-order valence-corrected chi connectivity index (χ1v) is 8.19. The van der Waals surface area contributed by atoms with Gasteiger partial charge in [0.1, 0.15) is 11.6 Å². The smallest absolute Gasteiger partial charge is 0.144 e. The number of hydrogen-bond donors (Lipinski definition) is 1. The van der Waals surface area contributed by atoms with Gasteiger partial charge in [-0.25, -0.2) is 9.97 Å². The van der Waals surface area contributed by atoms with Crippen LogP contribution in [0.15, 0.2) is 4.47 Å². The van der Waals surface area contributed by atoms with Gasteiger partial charge in [0, 0.05) is 12.3 Å². The van der Waals surface area contributed by atoms with Crippen molar-refractivity contribution in [3.63, 3.8) is 0 Å². The molecule has 5 heteroatoms. The van der Waals surface area contributed by atoms with Gasteiger partial charge in [0.15, 0.2) is 0 Å². The van der Waals surface area contributed by atoms with Gasteiger partial charge in [0.2, 0.25) is 0 Å². The molecule has 1 N–H and O–H groups in total. The normalized spacial score (nSPS) is 12.8. The maximum Gasteiger partial charge on any atom is 0.144 e. The highest BCUT2D eigenvalue weighted by Crippen LogP contribution is 2.29. The number of anilines is 1. The van der Waals surface area contributed by atoms with E-state index in [0.717, 1.165) is 27.6 Å². The fourth-order valence-electron chi connectivity index (χ4n) is 1.46. The number of halogens is 1. The summed E-state index contributed by atoms with van der Waals surface area (Å²) in [5.74, 6) is 3.06. The molecule has 18 heavy (non-hydrogen) atoms. The summed E-state index contributed by atoms with van der Waals surface area (Å²) >= 11 is 5.48. The molecule has 3 nitrogen and oxygen atoms in total. The van der Waals surface area contributed by atoms with Crippen molar-refractivity contribution >= 4 is 33.5 Å². The second kappa shape index (κ2) is 7.34. The third kappa shape index (κ3) is 4.12. The van der Waals surface area contributed by atoms with Gasteiger partial charge in [-0.3, -0.25) is 0 Å². The summed E-state index contributed by atoms with van der Waals surface area (Å²) in [4.78, 5) is 9.22. The van der Waals surface area contributed by atoms with E-state index < -0.39 is 0 Å². The number of hydrogen-bond acceptors (Lipinski definition) is 4. The Kier molecular flexibility index (Phi) is 6.43. The van der Waals surface area contributed by atoms with E-state index in [1.807, 2.05) is 18.8 Å². The van der Waals surface area contributed by atoms with Gasteiger partial charge in [0.25, 0.3) is 0 Å². The highest BCUT2D eigenvalue weighted by atomic mass is 79.9. The molecule has 1 unspecified atom stereocenters. The lowest BCUT2D eigenvalue weighted by Gasteiger charge is -2.14. The Hall–Kier alpha value is -0.290. The summed E-state index contributed by atoms with van der Waals surface area (Å²) in [6, 6.07) is 0. The van der Waals surface area contributed by atoms with E-state index in [4.69, 9.17) is 0 Å². The molecule has 0 amide bonds. The van der Waals surface area contributed by atoms with Crippen LogP contribution in [0, 0.1) is 0 Å². The zero-order chi connectivity index (χ0) is 13.7. The topological polar surface area (TPSA) is 37.8 Å². The van der Waals surface area contributed by atoms with Crippen molar-refractivity contribution in [2.45, 2.75) is 51.0 Å². The molecule has 0 saturated carbocycles. The quantitative estimate of drug-likeness (QED) is 0.836. The van der Waals surface area contributed by atoms with Gasteiger partial charge in [0.05, 0.1) is 15.9 Å². The van der Waals surface area contributed by atoms with Gasteiger partial charge in [-0.1, -0.05) is 27.7 Å². The summed E-state index contributed by atoms with van der Waals surface area (Å²) in [5, 5.41) is 3.78. The van der Waals surface area contributed by atoms with Crippen molar-refractivity contribution in [2.24, 2.45) is 0 Å². The first-order valence-electron chi connectivity index (χ1n) is 6.35. The van der Waals surface area contributed by atoms with Crippen LogP contribution in [-0.2, 0) is 5.75 Å². The van der Waals surface area contributed by atoms with Crippen LogP contribution in [0.25, 0.3) is 0 Å². The summed E-state index contributed by atoms with van der Waals surface area (Å²) in [6.45, 7) is 8.75. The third-order valence-corrected chi connectivity index (χ3v) is 4.89. The standard InChI is InChI=1S/C13H22BrN3S/c1-6-9(4)18-7-10-16-12(8(2)3)11(14)13(15-5)17-10/h8-9H,6-7H2,1-5H3,(H,15,16,17). The average Bonchev–Trinajstić information content (AvgIpc) is 2.36. The molecule has 1 heterocycles. The molecule has 0 bridgehead atoms. The Morgan fingerprint density at radius 1 is 1.28 bits per heavy atom. The SMILES string of the molecule is CCC(C)SCc1nc(NC)c(Br)c(C(C)C)n1. The van der Waals surface area contributed by atoms with Crippen molar-refractivity contribution in [1.82, 2.24) is 9.97 Å². The van der Waals surface area contributed by atoms with E-state index in [-0.39, 0.29) is 0 Å². The highest BCUT2D eigenvalue weighted by molar-refractivity contribution is 9.10. The second-order valence-corrected chi connectivity index (χ2v) is 6.84. The van der Waals surface area contributed by atoms with Crippen molar-refractivity contribution in [1.29, 1.82) is 0 Å². The molecule has 102 valence electrons. The third-order valence-electron chi connectivity index (χ3n) is 2.78. The van der Waals surface area contributed by atoms with Crippen LogP contribution in [0.1, 0.15) is 51.6 Å². The van der Waals surface area contributed by atoms with E-state index in [1.165, 1.54) is 6.42 Å². The molecule has 1 atom stereocenters. The number of aromatic nitrogens is 2. The highest BCUT2D eigenvalue weighted by Gasteiger charge is 2.14. The minimum absolute atomic E-state index is 0.391. The predicted molar refractivity (Wildman–Crippen MR) is 84.4 cm³/mol. The van der Waals surface area contributed by atoms with Crippen LogP contribution >= 0.6 is 27.7 Å². The molecule has 0 spiro atoms. The predicted octanol–water partition coefficient (Wildman–Crippen LogP) is 4.44. The number of nitrogens with one attached hydrogen (secondary N) is 1. The zero-order valence-corrected chi connectivity index (χ0v) is 14.2. The maximum absolute atomic E-state index is 4.67.